The number of oxime groups is 1. The number of carbonyl (C=O) groups is 5. The van der Waals surface area contributed by atoms with Gasteiger partial charge in [-0.25, -0.2) is 14.4 Å². The first-order valence-electron chi connectivity index (χ1n) is 15.3. The number of hydrogen-bond acceptors (Lipinski definition) is 16. The number of nitrogen functional groups attached to an aromatic ring is 1. The number of allylic oxidation sites excluding steroid dienone is 1. The van der Waals surface area contributed by atoms with Gasteiger partial charge in [-0.3, -0.25) is 19.3 Å². The molecule has 4 aliphatic heterocycles. The molecule has 3 fully saturated rings. The third-order valence-electron chi connectivity index (χ3n) is 8.48. The molecule has 51 heavy (non-hydrogen) atoms. The Balaban J connectivity index is 0.00000504. The standard InChI is InChI=1S/C29H32N8O11S2.Na/c1-29(2,3)19-15(47-28(44)48-19)10-46-27(43)35-6-5-14(9-35)36-7-4-12(22(36)39)8-13-11-49-24-17(23(40)37(24)18(13)25(41)42)31-21(38)16(33-45)20-32-26(30)50-34-20;/h8,14,17,24,45H,4-7,9-11H2,1-3H3,(H,31,38)(H,41,42)(H2,30,32,34);/t14-,17-,24-;/m1./s1. The number of thioether (sulfide) groups is 1. The zero-order chi connectivity index (χ0) is 36.1. The number of nitrogens with one attached hydrogen (secondary N) is 1. The van der Waals surface area contributed by atoms with Gasteiger partial charge in [0.05, 0.1) is 6.04 Å². The molecule has 6 heterocycles. The Morgan fingerprint density at radius 2 is 1.94 bits per heavy atom. The monoisotopic (exact) mass is 755 g/mol. The molecule has 267 valence electrons. The van der Waals surface area contributed by atoms with Crippen molar-refractivity contribution in [3.05, 3.63) is 50.9 Å². The summed E-state index contributed by atoms with van der Waals surface area (Å²) in [6, 6.07) is -1.43. The fourth-order valence-electron chi connectivity index (χ4n) is 6.17. The van der Waals surface area contributed by atoms with E-state index in [4.69, 9.17) is 19.3 Å². The summed E-state index contributed by atoms with van der Waals surface area (Å²) >= 11 is 1.97. The molecule has 3 saturated heterocycles. The molecule has 0 unspecified atom stereocenters. The Morgan fingerprint density at radius 1 is 1.20 bits per heavy atom. The van der Waals surface area contributed by atoms with Gasteiger partial charge in [-0.15, -0.1) is 11.8 Å². The predicted molar refractivity (Wildman–Crippen MR) is 179 cm³/mol. The van der Waals surface area contributed by atoms with Crippen molar-refractivity contribution in [3.63, 3.8) is 0 Å². The molecular formula is C29H32N8NaO11S2. The molecule has 4 amide bonds. The van der Waals surface area contributed by atoms with Gasteiger partial charge in [-0.1, -0.05) is 25.9 Å². The van der Waals surface area contributed by atoms with Crippen LogP contribution in [0.5, 0.6) is 0 Å². The quantitative estimate of drug-likeness (QED) is 0.0694. The van der Waals surface area contributed by atoms with E-state index in [1.807, 2.05) is 20.8 Å². The minimum atomic E-state index is -1.38. The van der Waals surface area contributed by atoms with Crippen LogP contribution in [0, 0.1) is 0 Å². The second-order valence-electron chi connectivity index (χ2n) is 12.8. The zero-order valence-corrected chi connectivity index (χ0v) is 31.5. The minimum Gasteiger partial charge on any atom is -0.477 e. The number of anilines is 1. The summed E-state index contributed by atoms with van der Waals surface area (Å²) in [5.41, 5.74) is 4.75. The number of likely N-dealkylation sites (tertiary alicyclic amines) is 2. The Labute approximate surface area is 319 Å². The molecule has 3 atom stereocenters. The fraction of sp³-hybridized carbons (Fsp3) is 0.483. The number of β-lactam (4-membered cyclic amide) rings is 1. The molecule has 1 radical (unpaired) electrons. The van der Waals surface area contributed by atoms with Crippen molar-refractivity contribution in [2.24, 2.45) is 5.16 Å². The topological polar surface area (TPSA) is 264 Å². The number of carboxylic acids is 1. The molecule has 2 aromatic heterocycles. The number of rotatable bonds is 8. The van der Waals surface area contributed by atoms with Gasteiger partial charge in [0.15, 0.2) is 23.3 Å². The molecule has 5 N–H and O–H groups in total. The van der Waals surface area contributed by atoms with Crippen LogP contribution in [0.25, 0.3) is 0 Å². The molecule has 0 aromatic carbocycles. The Morgan fingerprint density at radius 3 is 2.59 bits per heavy atom. The van der Waals surface area contributed by atoms with Crippen LogP contribution in [0.1, 0.15) is 51.0 Å². The summed E-state index contributed by atoms with van der Waals surface area (Å²) in [6.45, 7) is 6.07. The van der Waals surface area contributed by atoms with Gasteiger partial charge < -0.3 is 44.7 Å². The normalized spacial score (nSPS) is 23.0. The van der Waals surface area contributed by atoms with Gasteiger partial charge in [-0.2, -0.15) is 9.36 Å². The SMILES string of the molecule is CC(C)(C)c1oc(=O)oc1COC(=O)N1CC[C@@H](N2CCC(=CC3=C(C(=O)O)N4C(=O)[C@@H](NC(=O)C(=NO)c5nsc(N)n5)[C@H]4SC3)C2=O)C1.[Na]. The number of ether oxygens (including phenoxy) is 1. The fourth-order valence-corrected chi connectivity index (χ4v) is 7.91. The number of aliphatic carboxylic acids is 1. The molecule has 0 saturated carbocycles. The van der Waals surface area contributed by atoms with Gasteiger partial charge in [0.25, 0.3) is 11.8 Å². The number of amides is 4. The number of nitrogens with two attached hydrogens (primary N) is 1. The van der Waals surface area contributed by atoms with E-state index in [0.29, 0.717) is 31.5 Å². The van der Waals surface area contributed by atoms with Crippen LogP contribution in [-0.2, 0) is 35.9 Å². The molecule has 4 aliphatic rings. The Hall–Kier alpha value is -4.18. The first kappa shape index (κ1) is 38.1. The van der Waals surface area contributed by atoms with Crippen LogP contribution in [0.2, 0.25) is 0 Å². The van der Waals surface area contributed by atoms with E-state index in [9.17, 15) is 39.1 Å². The van der Waals surface area contributed by atoms with Gasteiger partial charge in [0, 0.05) is 77.5 Å². The molecule has 19 nitrogen and oxygen atoms in total. The summed E-state index contributed by atoms with van der Waals surface area (Å²) in [5.74, 6) is -3.92. The second kappa shape index (κ2) is 14.8. The third-order valence-corrected chi connectivity index (χ3v) is 10.3. The van der Waals surface area contributed by atoms with Gasteiger partial charge in [0.2, 0.25) is 17.4 Å². The van der Waals surface area contributed by atoms with Crippen molar-refractivity contribution in [2.75, 3.05) is 31.1 Å². The summed E-state index contributed by atoms with van der Waals surface area (Å²) in [4.78, 5) is 84.2. The van der Waals surface area contributed by atoms with Crippen molar-refractivity contribution < 1.29 is 47.9 Å². The predicted octanol–water partition coefficient (Wildman–Crippen LogP) is 0.0699. The maximum absolute atomic E-state index is 13.5. The number of carbonyl (C=O) groups excluding carboxylic acids is 4. The van der Waals surface area contributed by atoms with E-state index in [2.05, 4.69) is 19.8 Å². The first-order valence-corrected chi connectivity index (χ1v) is 17.1. The number of aromatic nitrogens is 2. The van der Waals surface area contributed by atoms with E-state index in [0.717, 1.165) is 16.4 Å². The Kier molecular flexibility index (Phi) is 11.1. The van der Waals surface area contributed by atoms with E-state index in [1.165, 1.54) is 22.7 Å². The van der Waals surface area contributed by atoms with Crippen LogP contribution in [0.4, 0.5) is 9.93 Å². The van der Waals surface area contributed by atoms with E-state index in [1.54, 1.807) is 4.90 Å². The average molecular weight is 756 g/mol. The van der Waals surface area contributed by atoms with Crippen molar-refractivity contribution in [3.8, 4) is 0 Å². The van der Waals surface area contributed by atoms with Crippen LogP contribution >= 0.6 is 23.3 Å². The number of carboxylic acid groups (broad SMARTS) is 1. The van der Waals surface area contributed by atoms with Gasteiger partial charge in [0.1, 0.15) is 17.1 Å². The van der Waals surface area contributed by atoms with E-state index in [-0.39, 0.29) is 94.2 Å². The number of fused-ring (bicyclic) bond motifs is 1. The smallest absolute Gasteiger partial charge is 0.477 e. The van der Waals surface area contributed by atoms with Gasteiger partial charge >= 0.3 is 17.9 Å². The Bertz CT molecular complexity index is 1930. The zero-order valence-electron chi connectivity index (χ0n) is 27.9. The minimum absolute atomic E-state index is 0. The summed E-state index contributed by atoms with van der Waals surface area (Å²) < 4.78 is 19.4. The van der Waals surface area contributed by atoms with Crippen molar-refractivity contribution >= 4 is 93.5 Å². The summed E-state index contributed by atoms with van der Waals surface area (Å²) in [7, 11) is 0. The second-order valence-corrected chi connectivity index (χ2v) is 14.7. The van der Waals surface area contributed by atoms with Crippen molar-refractivity contribution in [2.45, 2.75) is 63.1 Å². The molecule has 0 spiro atoms. The maximum atomic E-state index is 13.5. The first-order chi connectivity index (χ1) is 23.7. The average Bonchev–Trinajstić information content (AvgIpc) is 3.86. The van der Waals surface area contributed by atoms with E-state index >= 15 is 0 Å². The van der Waals surface area contributed by atoms with Crippen LogP contribution in [-0.4, -0.2) is 142 Å². The van der Waals surface area contributed by atoms with Crippen LogP contribution in [0.15, 0.2) is 41.7 Å². The van der Waals surface area contributed by atoms with Crippen LogP contribution < -0.4 is 16.9 Å². The molecule has 2 aromatic rings. The van der Waals surface area contributed by atoms with E-state index < -0.39 is 52.2 Å². The molecule has 0 bridgehead atoms. The maximum Gasteiger partial charge on any atom is 0.519 e. The van der Waals surface area contributed by atoms with Gasteiger partial charge in [-0.05, 0) is 24.5 Å². The molecular weight excluding hydrogens is 723 g/mol. The number of hydrogen-bond donors (Lipinski definition) is 4. The summed E-state index contributed by atoms with van der Waals surface area (Å²) in [6.07, 6.45) is 1.67. The van der Waals surface area contributed by atoms with Crippen LogP contribution in [0.3, 0.4) is 0 Å². The largest absolute Gasteiger partial charge is 0.519 e. The molecule has 0 aliphatic carbocycles. The molecule has 22 heteroatoms. The molecule has 6 rings (SSSR count). The van der Waals surface area contributed by atoms with Crippen molar-refractivity contribution in [1.29, 1.82) is 0 Å². The third kappa shape index (κ3) is 7.43. The summed E-state index contributed by atoms with van der Waals surface area (Å²) in [5, 5.41) is 24.0. The van der Waals surface area contributed by atoms with Crippen molar-refractivity contribution in [1.82, 2.24) is 29.4 Å². The number of nitrogens with zero attached hydrogens (tertiary/aromatic N) is 6.